The highest BCUT2D eigenvalue weighted by atomic mass is 19.1. The standard InChI is InChI=1S/C35H35F2N5O6/c1-22-33(40(2)35(44)42(22)25-8-5-23(36)6-9-25)34(43)39-24-7-10-30(27(37)19-24)48-29-11-12-38-28-21-32(31(45-3)20-26(28)29)47-16-4-13-41-14-17-46-18-15-41/h5-12,19-21H,4,13-18H2,1-3H3,(H,39,43). The van der Waals surface area contributed by atoms with Crippen LogP contribution in [0.25, 0.3) is 16.6 Å². The number of halogens is 2. The summed E-state index contributed by atoms with van der Waals surface area (Å²) in [6.07, 6.45) is 2.40. The molecule has 1 amide bonds. The van der Waals surface area contributed by atoms with Crippen LogP contribution in [-0.2, 0) is 11.8 Å². The summed E-state index contributed by atoms with van der Waals surface area (Å²) in [5.41, 5.74) is 1.07. The molecule has 0 unspecified atom stereocenters. The van der Waals surface area contributed by atoms with E-state index in [0.29, 0.717) is 46.1 Å². The first-order valence-electron chi connectivity index (χ1n) is 15.5. The van der Waals surface area contributed by atoms with Crippen molar-refractivity contribution < 1.29 is 32.5 Å². The molecule has 1 aliphatic heterocycles. The number of methoxy groups -OCH3 is 1. The van der Waals surface area contributed by atoms with Crippen LogP contribution in [-0.4, -0.2) is 71.5 Å². The van der Waals surface area contributed by atoms with E-state index in [2.05, 4.69) is 15.2 Å². The number of fused-ring (bicyclic) bond motifs is 1. The Balaban J connectivity index is 1.16. The van der Waals surface area contributed by atoms with Crippen molar-refractivity contribution in [2.24, 2.45) is 7.05 Å². The lowest BCUT2D eigenvalue weighted by Crippen LogP contribution is -2.37. The predicted molar refractivity (Wildman–Crippen MR) is 176 cm³/mol. The average Bonchev–Trinajstić information content (AvgIpc) is 3.31. The summed E-state index contributed by atoms with van der Waals surface area (Å²) in [5, 5.41) is 3.24. The lowest BCUT2D eigenvalue weighted by molar-refractivity contribution is 0.0357. The molecule has 0 bridgehead atoms. The van der Waals surface area contributed by atoms with Gasteiger partial charge in [0, 0.05) is 56.1 Å². The number of hydrogen-bond donors (Lipinski definition) is 1. The smallest absolute Gasteiger partial charge is 0.333 e. The quantitative estimate of drug-likeness (QED) is 0.186. The van der Waals surface area contributed by atoms with Crippen LogP contribution in [0.15, 0.2) is 71.7 Å². The van der Waals surface area contributed by atoms with Gasteiger partial charge in [0.1, 0.15) is 17.3 Å². The maximum absolute atomic E-state index is 15.3. The number of ether oxygens (including phenoxy) is 4. The minimum Gasteiger partial charge on any atom is -0.493 e. The van der Waals surface area contributed by atoms with E-state index in [1.807, 2.05) is 0 Å². The molecule has 0 spiro atoms. The largest absolute Gasteiger partial charge is 0.493 e. The third-order valence-corrected chi connectivity index (χ3v) is 8.17. The van der Waals surface area contributed by atoms with Gasteiger partial charge in [-0.15, -0.1) is 0 Å². The Morgan fingerprint density at radius 2 is 1.75 bits per heavy atom. The Kier molecular flexibility index (Phi) is 9.69. The highest BCUT2D eigenvalue weighted by Crippen LogP contribution is 2.38. The van der Waals surface area contributed by atoms with Gasteiger partial charge in [-0.25, -0.2) is 13.6 Å². The van der Waals surface area contributed by atoms with Crippen LogP contribution >= 0.6 is 0 Å². The van der Waals surface area contributed by atoms with Crippen LogP contribution in [0.3, 0.4) is 0 Å². The van der Waals surface area contributed by atoms with Crippen molar-refractivity contribution in [1.82, 2.24) is 19.0 Å². The van der Waals surface area contributed by atoms with Crippen molar-refractivity contribution in [2.45, 2.75) is 13.3 Å². The second-order valence-corrected chi connectivity index (χ2v) is 11.3. The molecule has 0 atom stereocenters. The van der Waals surface area contributed by atoms with Crippen LogP contribution in [0.5, 0.6) is 23.0 Å². The molecule has 0 radical (unpaired) electrons. The summed E-state index contributed by atoms with van der Waals surface area (Å²) < 4.78 is 54.3. The second kappa shape index (κ2) is 14.2. The monoisotopic (exact) mass is 659 g/mol. The molecule has 13 heteroatoms. The molecule has 3 aromatic carbocycles. The number of rotatable bonds is 11. The Bertz CT molecular complexity index is 2000. The van der Waals surface area contributed by atoms with Crippen molar-refractivity contribution in [3.63, 3.8) is 0 Å². The van der Waals surface area contributed by atoms with Crippen molar-refractivity contribution in [2.75, 3.05) is 51.9 Å². The number of morpholine rings is 1. The van der Waals surface area contributed by atoms with E-state index in [-0.39, 0.29) is 17.1 Å². The molecule has 6 rings (SSSR count). The summed E-state index contributed by atoms with van der Waals surface area (Å²) in [7, 11) is 3.00. The molecule has 250 valence electrons. The van der Waals surface area contributed by atoms with Gasteiger partial charge in [-0.05, 0) is 61.9 Å². The van der Waals surface area contributed by atoms with Gasteiger partial charge in [-0.2, -0.15) is 0 Å². The molecule has 1 fully saturated rings. The first-order chi connectivity index (χ1) is 23.2. The molecule has 1 N–H and O–H groups in total. The lowest BCUT2D eigenvalue weighted by Gasteiger charge is -2.26. The molecular weight excluding hydrogens is 624 g/mol. The van der Waals surface area contributed by atoms with Gasteiger partial charge in [-0.3, -0.25) is 23.8 Å². The van der Waals surface area contributed by atoms with Crippen molar-refractivity contribution >= 4 is 22.5 Å². The number of imidazole rings is 1. The number of amides is 1. The fraction of sp³-hybridized carbons (Fsp3) is 0.286. The normalized spacial score (nSPS) is 13.4. The number of aromatic nitrogens is 3. The zero-order chi connectivity index (χ0) is 33.8. The molecule has 2 aromatic heterocycles. The van der Waals surface area contributed by atoms with Crippen LogP contribution in [0.4, 0.5) is 14.5 Å². The third kappa shape index (κ3) is 6.87. The van der Waals surface area contributed by atoms with Crippen LogP contribution in [0.2, 0.25) is 0 Å². The van der Waals surface area contributed by atoms with Crippen LogP contribution in [0.1, 0.15) is 22.6 Å². The molecule has 48 heavy (non-hydrogen) atoms. The summed E-state index contributed by atoms with van der Waals surface area (Å²) in [6.45, 7) is 6.35. The number of carbonyl (C=O) groups excluding carboxylic acids is 1. The van der Waals surface area contributed by atoms with Crippen molar-refractivity contribution in [3.8, 4) is 28.7 Å². The SMILES string of the molecule is COc1cc2c(Oc3ccc(NC(=O)c4c(C)n(-c5ccc(F)cc5)c(=O)n4C)cc3F)ccnc2cc1OCCCN1CCOCC1. The number of pyridine rings is 1. The third-order valence-electron chi connectivity index (χ3n) is 8.17. The molecule has 11 nitrogen and oxygen atoms in total. The summed E-state index contributed by atoms with van der Waals surface area (Å²) in [4.78, 5) is 33.0. The maximum Gasteiger partial charge on any atom is 0.333 e. The maximum atomic E-state index is 15.3. The Morgan fingerprint density at radius 3 is 2.48 bits per heavy atom. The molecule has 0 saturated carbocycles. The molecule has 0 aliphatic carbocycles. The molecule has 3 heterocycles. The average molecular weight is 660 g/mol. The molecule has 1 saturated heterocycles. The fourth-order valence-electron chi connectivity index (χ4n) is 5.70. The van der Waals surface area contributed by atoms with E-state index >= 15 is 4.39 Å². The minimum absolute atomic E-state index is 0.0720. The Labute approximate surface area is 275 Å². The van der Waals surface area contributed by atoms with Gasteiger partial charge in [0.25, 0.3) is 5.91 Å². The second-order valence-electron chi connectivity index (χ2n) is 11.3. The van der Waals surface area contributed by atoms with Crippen molar-refractivity contribution in [1.29, 1.82) is 0 Å². The van der Waals surface area contributed by atoms with Crippen LogP contribution in [0, 0.1) is 18.6 Å². The predicted octanol–water partition coefficient (Wildman–Crippen LogP) is 5.47. The summed E-state index contributed by atoms with van der Waals surface area (Å²) >= 11 is 0. The van der Waals surface area contributed by atoms with Crippen molar-refractivity contribution in [3.05, 3.63) is 100 Å². The molecule has 1 aliphatic rings. The Hall–Kier alpha value is -5.27. The van der Waals surface area contributed by atoms with Gasteiger partial charge in [0.2, 0.25) is 0 Å². The number of benzene rings is 3. The Morgan fingerprint density at radius 1 is 0.979 bits per heavy atom. The summed E-state index contributed by atoms with van der Waals surface area (Å²) in [5.74, 6) is -0.484. The van der Waals surface area contributed by atoms with E-state index in [4.69, 9.17) is 18.9 Å². The molecular formula is C35H35F2N5O6. The molecule has 5 aromatic rings. The lowest BCUT2D eigenvalue weighted by atomic mass is 10.1. The van der Waals surface area contributed by atoms with E-state index in [9.17, 15) is 14.0 Å². The zero-order valence-electron chi connectivity index (χ0n) is 26.8. The first kappa shape index (κ1) is 32.7. The minimum atomic E-state index is -0.723. The zero-order valence-corrected chi connectivity index (χ0v) is 26.8. The number of nitrogens with one attached hydrogen (secondary N) is 1. The van der Waals surface area contributed by atoms with Gasteiger partial charge in [0.15, 0.2) is 23.1 Å². The van der Waals surface area contributed by atoms with E-state index in [1.54, 1.807) is 38.4 Å². The van der Waals surface area contributed by atoms with Gasteiger partial charge < -0.3 is 24.3 Å². The van der Waals surface area contributed by atoms with Gasteiger partial charge in [-0.1, -0.05) is 0 Å². The highest BCUT2D eigenvalue weighted by molar-refractivity contribution is 6.04. The van der Waals surface area contributed by atoms with Crippen LogP contribution < -0.4 is 25.2 Å². The topological polar surface area (TPSA) is 109 Å². The van der Waals surface area contributed by atoms with E-state index < -0.39 is 23.2 Å². The fourth-order valence-corrected chi connectivity index (χ4v) is 5.70. The van der Waals surface area contributed by atoms with E-state index in [1.165, 1.54) is 52.6 Å². The number of anilines is 1. The number of hydrogen-bond acceptors (Lipinski definition) is 8. The summed E-state index contributed by atoms with van der Waals surface area (Å²) in [6, 6.07) is 14.5. The van der Waals surface area contributed by atoms with Gasteiger partial charge in [0.05, 0.1) is 43.8 Å². The number of nitrogens with zero attached hydrogens (tertiary/aromatic N) is 4. The van der Waals surface area contributed by atoms with Gasteiger partial charge >= 0.3 is 5.69 Å². The highest BCUT2D eigenvalue weighted by Gasteiger charge is 2.22. The van der Waals surface area contributed by atoms with E-state index in [0.717, 1.165) is 45.3 Å². The first-order valence-corrected chi connectivity index (χ1v) is 15.5. The number of carbonyl (C=O) groups is 1.